The first kappa shape index (κ1) is 10.4. The van der Waals surface area contributed by atoms with Gasteiger partial charge in [-0.1, -0.05) is 0 Å². The largest absolute Gasteiger partial charge is 0.368 e. The van der Waals surface area contributed by atoms with Gasteiger partial charge in [0.25, 0.3) is 6.43 Å². The van der Waals surface area contributed by atoms with Gasteiger partial charge in [0.1, 0.15) is 0 Å². The average molecular weight is 251 g/mol. The summed E-state index contributed by atoms with van der Waals surface area (Å²) in [6.07, 6.45) is 0.830. The molecule has 0 radical (unpaired) electrons. The van der Waals surface area contributed by atoms with Gasteiger partial charge in [0.05, 0.1) is 18.4 Å². The van der Waals surface area contributed by atoms with Crippen molar-refractivity contribution in [1.82, 2.24) is 4.98 Å². The number of aromatic nitrogens is 1. The lowest BCUT2D eigenvalue weighted by Gasteiger charge is -2.17. The molecule has 13 heavy (non-hydrogen) atoms. The number of halogens is 3. The lowest BCUT2D eigenvalue weighted by atomic mass is 10.4. The van der Waals surface area contributed by atoms with Crippen LogP contribution in [0.25, 0.3) is 0 Å². The lowest BCUT2D eigenvalue weighted by molar-refractivity contribution is 0.156. The summed E-state index contributed by atoms with van der Waals surface area (Å²) in [4.78, 5) is 5.34. The molecule has 0 amide bonds. The Morgan fingerprint density at radius 3 is 2.77 bits per heavy atom. The van der Waals surface area contributed by atoms with E-state index in [2.05, 4.69) is 20.9 Å². The molecule has 0 aliphatic carbocycles. The monoisotopic (exact) mass is 250 g/mol. The van der Waals surface area contributed by atoms with Crippen LogP contribution in [0.1, 0.15) is 0 Å². The van der Waals surface area contributed by atoms with Crippen LogP contribution in [0.15, 0.2) is 22.9 Å². The van der Waals surface area contributed by atoms with E-state index < -0.39 is 6.43 Å². The van der Waals surface area contributed by atoms with Crippen molar-refractivity contribution < 1.29 is 8.78 Å². The van der Waals surface area contributed by atoms with E-state index in [0.717, 1.165) is 4.47 Å². The van der Waals surface area contributed by atoms with Crippen LogP contribution < -0.4 is 4.90 Å². The van der Waals surface area contributed by atoms with Crippen LogP contribution in [0.4, 0.5) is 14.5 Å². The van der Waals surface area contributed by atoms with Crippen LogP contribution in [0.2, 0.25) is 0 Å². The zero-order valence-electron chi connectivity index (χ0n) is 7.04. The quantitative estimate of drug-likeness (QED) is 0.820. The molecular weight excluding hydrogens is 242 g/mol. The molecule has 1 heterocycles. The van der Waals surface area contributed by atoms with Gasteiger partial charge < -0.3 is 4.90 Å². The molecule has 0 aliphatic rings. The molecule has 0 spiro atoms. The van der Waals surface area contributed by atoms with Crippen molar-refractivity contribution in [2.75, 3.05) is 18.5 Å². The topological polar surface area (TPSA) is 16.1 Å². The molecular formula is C8H9BrF2N2. The molecule has 1 aromatic rings. The van der Waals surface area contributed by atoms with Crippen LogP contribution >= 0.6 is 15.9 Å². The second-order valence-corrected chi connectivity index (χ2v) is 3.55. The molecule has 2 nitrogen and oxygen atoms in total. The molecule has 0 fully saturated rings. The molecule has 0 unspecified atom stereocenters. The maximum absolute atomic E-state index is 12.0. The van der Waals surface area contributed by atoms with E-state index in [4.69, 9.17) is 0 Å². The summed E-state index contributed by atoms with van der Waals surface area (Å²) < 4.78 is 24.8. The predicted molar refractivity (Wildman–Crippen MR) is 51.2 cm³/mol. The molecule has 72 valence electrons. The fraction of sp³-hybridized carbons (Fsp3) is 0.375. The Hall–Kier alpha value is -0.710. The minimum Gasteiger partial charge on any atom is -0.368 e. The highest BCUT2D eigenvalue weighted by Gasteiger charge is 2.08. The smallest absolute Gasteiger partial charge is 0.255 e. The van der Waals surface area contributed by atoms with Gasteiger partial charge >= 0.3 is 0 Å². The number of hydrogen-bond acceptors (Lipinski definition) is 2. The fourth-order valence-electron chi connectivity index (χ4n) is 0.922. The molecule has 0 atom stereocenters. The number of anilines is 1. The Morgan fingerprint density at radius 1 is 1.54 bits per heavy atom. The Bertz CT molecular complexity index is 281. The van der Waals surface area contributed by atoms with Crippen LogP contribution in [0, 0.1) is 0 Å². The van der Waals surface area contributed by atoms with E-state index in [9.17, 15) is 8.78 Å². The van der Waals surface area contributed by atoms with Crippen LogP contribution in [-0.4, -0.2) is 25.0 Å². The van der Waals surface area contributed by atoms with E-state index in [1.54, 1.807) is 25.5 Å². The average Bonchev–Trinajstić information content (AvgIpc) is 2.03. The van der Waals surface area contributed by atoms with Gasteiger partial charge in [-0.2, -0.15) is 0 Å². The Morgan fingerprint density at radius 2 is 2.23 bits per heavy atom. The summed E-state index contributed by atoms with van der Waals surface area (Å²) in [6.45, 7) is -0.280. The third kappa shape index (κ3) is 3.26. The van der Waals surface area contributed by atoms with Gasteiger partial charge in [0, 0.05) is 17.7 Å². The second kappa shape index (κ2) is 4.50. The number of pyridine rings is 1. The van der Waals surface area contributed by atoms with E-state index in [1.165, 1.54) is 4.90 Å². The summed E-state index contributed by atoms with van der Waals surface area (Å²) in [5, 5.41) is 0. The highest BCUT2D eigenvalue weighted by molar-refractivity contribution is 9.10. The molecule has 0 saturated heterocycles. The third-order valence-corrected chi connectivity index (χ3v) is 1.98. The van der Waals surface area contributed by atoms with Gasteiger partial charge in [0.2, 0.25) is 0 Å². The van der Waals surface area contributed by atoms with Crippen LogP contribution in [-0.2, 0) is 0 Å². The SMILES string of the molecule is CN(CC(F)F)c1cncc(Br)c1. The summed E-state index contributed by atoms with van der Waals surface area (Å²) in [7, 11) is 1.61. The number of hydrogen-bond donors (Lipinski definition) is 0. The van der Waals surface area contributed by atoms with Crippen molar-refractivity contribution >= 4 is 21.6 Å². The van der Waals surface area contributed by atoms with Gasteiger partial charge in [-0.3, -0.25) is 4.98 Å². The zero-order valence-corrected chi connectivity index (χ0v) is 8.63. The molecule has 1 rings (SSSR count). The number of alkyl halides is 2. The van der Waals surface area contributed by atoms with Crippen molar-refractivity contribution in [2.45, 2.75) is 6.43 Å². The maximum Gasteiger partial charge on any atom is 0.255 e. The minimum atomic E-state index is -2.33. The van der Waals surface area contributed by atoms with Crippen molar-refractivity contribution in [3.05, 3.63) is 22.9 Å². The highest BCUT2D eigenvalue weighted by Crippen LogP contribution is 2.17. The van der Waals surface area contributed by atoms with Crippen LogP contribution in [0.5, 0.6) is 0 Å². The molecule has 0 aliphatic heterocycles. The van der Waals surface area contributed by atoms with Crippen LogP contribution in [0.3, 0.4) is 0 Å². The van der Waals surface area contributed by atoms with Gasteiger partial charge in [-0.25, -0.2) is 8.78 Å². The van der Waals surface area contributed by atoms with Crippen molar-refractivity contribution in [2.24, 2.45) is 0 Å². The fourth-order valence-corrected chi connectivity index (χ4v) is 1.27. The normalized spacial score (nSPS) is 10.5. The molecule has 0 N–H and O–H groups in total. The van der Waals surface area contributed by atoms with Crippen molar-refractivity contribution in [3.8, 4) is 0 Å². The van der Waals surface area contributed by atoms with Crippen molar-refractivity contribution in [3.63, 3.8) is 0 Å². The standard InChI is InChI=1S/C8H9BrF2N2/c1-13(5-8(10)11)7-2-6(9)3-12-4-7/h2-4,8H,5H2,1H3. The molecule has 0 aromatic carbocycles. The molecule has 1 aromatic heterocycles. The molecule has 0 bridgehead atoms. The maximum atomic E-state index is 12.0. The number of nitrogens with zero attached hydrogens (tertiary/aromatic N) is 2. The Labute approximate surface area is 83.7 Å². The summed E-state index contributed by atoms with van der Waals surface area (Å²) in [5.41, 5.74) is 0.676. The van der Waals surface area contributed by atoms with E-state index in [0.29, 0.717) is 5.69 Å². The minimum absolute atomic E-state index is 0.280. The van der Waals surface area contributed by atoms with E-state index in [1.807, 2.05) is 0 Å². The zero-order chi connectivity index (χ0) is 9.84. The van der Waals surface area contributed by atoms with Gasteiger partial charge in [0.15, 0.2) is 0 Å². The number of rotatable bonds is 3. The van der Waals surface area contributed by atoms with Crippen molar-refractivity contribution in [1.29, 1.82) is 0 Å². The third-order valence-electron chi connectivity index (χ3n) is 1.54. The first-order chi connectivity index (χ1) is 6.09. The molecule has 5 heteroatoms. The summed E-state index contributed by atoms with van der Waals surface area (Å²) >= 11 is 3.22. The van der Waals surface area contributed by atoms with Gasteiger partial charge in [-0.05, 0) is 22.0 Å². The first-order valence-corrected chi connectivity index (χ1v) is 4.48. The predicted octanol–water partition coefficient (Wildman–Crippen LogP) is 2.55. The second-order valence-electron chi connectivity index (χ2n) is 2.63. The highest BCUT2D eigenvalue weighted by atomic mass is 79.9. The molecule has 0 saturated carbocycles. The summed E-state index contributed by atoms with van der Waals surface area (Å²) in [6, 6.07) is 1.75. The Kier molecular flexibility index (Phi) is 3.59. The summed E-state index contributed by atoms with van der Waals surface area (Å²) in [5.74, 6) is 0. The van der Waals surface area contributed by atoms with Gasteiger partial charge in [-0.15, -0.1) is 0 Å². The van der Waals surface area contributed by atoms with E-state index >= 15 is 0 Å². The first-order valence-electron chi connectivity index (χ1n) is 3.69. The lowest BCUT2D eigenvalue weighted by Crippen LogP contribution is -2.23. The van der Waals surface area contributed by atoms with E-state index in [-0.39, 0.29) is 6.54 Å². The Balaban J connectivity index is 2.71.